The van der Waals surface area contributed by atoms with E-state index in [4.69, 9.17) is 9.47 Å². The number of halogens is 1. The second kappa shape index (κ2) is 10.0. The maximum atomic E-state index is 13.2. The summed E-state index contributed by atoms with van der Waals surface area (Å²) in [5.41, 5.74) is 2.02. The molecule has 4 rings (SSSR count). The third-order valence-corrected chi connectivity index (χ3v) is 6.53. The van der Waals surface area contributed by atoms with Crippen molar-refractivity contribution in [1.29, 1.82) is 0 Å². The second-order valence-electron chi connectivity index (χ2n) is 7.32. The Kier molecular flexibility index (Phi) is 6.96. The minimum atomic E-state index is -0.272. The van der Waals surface area contributed by atoms with Gasteiger partial charge in [-0.1, -0.05) is 24.3 Å². The molecule has 2 aromatic carbocycles. The fourth-order valence-electron chi connectivity index (χ4n) is 3.68. The molecule has 0 spiro atoms. The average molecular weight is 441 g/mol. The lowest BCUT2D eigenvalue weighted by molar-refractivity contribution is 0.0162. The minimum absolute atomic E-state index is 0.0512. The monoisotopic (exact) mass is 440 g/mol. The number of benzene rings is 2. The molecule has 0 aliphatic carbocycles. The van der Waals surface area contributed by atoms with Crippen LogP contribution in [0.2, 0.25) is 0 Å². The Morgan fingerprint density at radius 3 is 2.48 bits per heavy atom. The predicted molar refractivity (Wildman–Crippen MR) is 120 cm³/mol. The maximum absolute atomic E-state index is 13.2. The quantitative estimate of drug-likeness (QED) is 0.593. The molecule has 1 aromatic heterocycles. The molecule has 5 nitrogen and oxygen atoms in total. The van der Waals surface area contributed by atoms with E-state index >= 15 is 0 Å². The molecular weight excluding hydrogens is 415 g/mol. The fraction of sp³-hybridized carbons (Fsp3) is 0.292. The largest absolute Gasteiger partial charge is 0.497 e. The number of morpholine rings is 1. The van der Waals surface area contributed by atoms with Crippen molar-refractivity contribution in [1.82, 2.24) is 10.2 Å². The first-order valence-electron chi connectivity index (χ1n) is 10.2. The number of hydrogen-bond donors (Lipinski definition) is 1. The molecule has 7 heteroatoms. The van der Waals surface area contributed by atoms with Crippen molar-refractivity contribution >= 4 is 17.2 Å². The van der Waals surface area contributed by atoms with E-state index in [0.29, 0.717) is 24.6 Å². The molecule has 3 aromatic rings. The summed E-state index contributed by atoms with van der Waals surface area (Å²) in [6.07, 6.45) is 0. The number of thiophene rings is 1. The molecule has 1 N–H and O–H groups in total. The first-order valence-corrected chi connectivity index (χ1v) is 11.1. The summed E-state index contributed by atoms with van der Waals surface area (Å²) in [6.45, 7) is 3.51. The molecule has 1 fully saturated rings. The summed E-state index contributed by atoms with van der Waals surface area (Å²) in [6, 6.07) is 18.0. The number of nitrogens with one attached hydrogen (secondary N) is 1. The van der Waals surface area contributed by atoms with Gasteiger partial charge < -0.3 is 14.8 Å². The lowest BCUT2D eigenvalue weighted by Crippen LogP contribution is -2.43. The van der Waals surface area contributed by atoms with Crippen molar-refractivity contribution in [3.63, 3.8) is 0 Å². The Morgan fingerprint density at radius 1 is 1.10 bits per heavy atom. The zero-order valence-electron chi connectivity index (χ0n) is 17.3. The van der Waals surface area contributed by atoms with Crippen LogP contribution in [-0.4, -0.2) is 50.8 Å². The third-order valence-electron chi connectivity index (χ3n) is 5.40. The normalized spacial score (nSPS) is 15.4. The molecule has 1 amide bonds. The Hall–Kier alpha value is -2.74. The van der Waals surface area contributed by atoms with Crippen LogP contribution in [0, 0.1) is 5.82 Å². The predicted octanol–water partition coefficient (Wildman–Crippen LogP) is 4.37. The average Bonchev–Trinajstić information content (AvgIpc) is 3.31. The fourth-order valence-corrected chi connectivity index (χ4v) is 4.61. The van der Waals surface area contributed by atoms with Crippen LogP contribution in [0.3, 0.4) is 0 Å². The summed E-state index contributed by atoms with van der Waals surface area (Å²) in [4.78, 5) is 16.7. The number of rotatable bonds is 7. The number of carbonyl (C=O) groups excluding carboxylic acids is 1. The highest BCUT2D eigenvalue weighted by Crippen LogP contribution is 2.29. The molecule has 2 heterocycles. The highest BCUT2D eigenvalue weighted by molar-refractivity contribution is 7.17. The number of amides is 1. The Labute approximate surface area is 185 Å². The van der Waals surface area contributed by atoms with E-state index in [0.717, 1.165) is 34.8 Å². The SMILES string of the molecule is COc1ccc(C(CNC(=O)c2ccc(-c3ccc(F)cc3)s2)N2CCOCC2)cc1. The van der Waals surface area contributed by atoms with Crippen molar-refractivity contribution in [2.75, 3.05) is 40.0 Å². The van der Waals surface area contributed by atoms with Crippen molar-refractivity contribution < 1.29 is 18.7 Å². The van der Waals surface area contributed by atoms with Gasteiger partial charge >= 0.3 is 0 Å². The third kappa shape index (κ3) is 5.31. The molecule has 1 atom stereocenters. The molecule has 1 aliphatic rings. The Bertz CT molecular complexity index is 998. The van der Waals surface area contributed by atoms with Gasteiger partial charge in [0.1, 0.15) is 11.6 Å². The number of ether oxygens (including phenoxy) is 2. The summed E-state index contributed by atoms with van der Waals surface area (Å²) >= 11 is 1.40. The molecule has 162 valence electrons. The minimum Gasteiger partial charge on any atom is -0.497 e. The van der Waals surface area contributed by atoms with Gasteiger partial charge in [-0.3, -0.25) is 9.69 Å². The number of nitrogens with zero attached hydrogens (tertiary/aromatic N) is 1. The molecule has 0 bridgehead atoms. The van der Waals surface area contributed by atoms with Crippen molar-refractivity contribution in [2.24, 2.45) is 0 Å². The smallest absolute Gasteiger partial charge is 0.261 e. The van der Waals surface area contributed by atoms with Crippen LogP contribution >= 0.6 is 11.3 Å². The summed E-state index contributed by atoms with van der Waals surface area (Å²) in [5.74, 6) is 0.427. The van der Waals surface area contributed by atoms with Crippen molar-refractivity contribution in [3.05, 3.63) is 76.9 Å². The van der Waals surface area contributed by atoms with E-state index in [1.807, 2.05) is 36.4 Å². The molecular formula is C24H25FN2O3S. The van der Waals surface area contributed by atoms with Crippen LogP contribution in [0.25, 0.3) is 10.4 Å². The summed E-state index contributed by atoms with van der Waals surface area (Å²) in [7, 11) is 1.65. The first-order chi connectivity index (χ1) is 15.1. The standard InChI is InChI=1S/C24H25FN2O3S/c1-29-20-8-4-17(5-9-20)21(27-12-14-30-15-13-27)16-26-24(28)23-11-10-22(31-23)18-2-6-19(25)7-3-18/h2-11,21H,12-16H2,1H3,(H,26,28). The van der Waals surface area contributed by atoms with Gasteiger partial charge in [0.25, 0.3) is 5.91 Å². The van der Waals surface area contributed by atoms with E-state index in [1.165, 1.54) is 23.5 Å². The lowest BCUT2D eigenvalue weighted by Gasteiger charge is -2.35. The Morgan fingerprint density at radius 2 is 1.81 bits per heavy atom. The van der Waals surface area contributed by atoms with Gasteiger partial charge in [0.15, 0.2) is 0 Å². The molecule has 0 radical (unpaired) electrons. The van der Waals surface area contributed by atoms with Crippen LogP contribution in [0.5, 0.6) is 5.75 Å². The van der Waals surface area contributed by atoms with E-state index < -0.39 is 0 Å². The number of methoxy groups -OCH3 is 1. The molecule has 1 unspecified atom stereocenters. The van der Waals surface area contributed by atoms with Gasteiger partial charge in [-0.05, 0) is 47.5 Å². The highest BCUT2D eigenvalue weighted by Gasteiger charge is 2.24. The van der Waals surface area contributed by atoms with E-state index in [9.17, 15) is 9.18 Å². The van der Waals surface area contributed by atoms with Gasteiger partial charge in [0.05, 0.1) is 31.2 Å². The van der Waals surface area contributed by atoms with Gasteiger partial charge in [0, 0.05) is 24.5 Å². The molecule has 1 saturated heterocycles. The number of hydrogen-bond acceptors (Lipinski definition) is 5. The summed E-state index contributed by atoms with van der Waals surface area (Å²) < 4.78 is 23.9. The van der Waals surface area contributed by atoms with Gasteiger partial charge in [-0.25, -0.2) is 4.39 Å². The maximum Gasteiger partial charge on any atom is 0.261 e. The van der Waals surface area contributed by atoms with Crippen LogP contribution < -0.4 is 10.1 Å². The van der Waals surface area contributed by atoms with Crippen molar-refractivity contribution in [3.8, 4) is 16.2 Å². The summed E-state index contributed by atoms with van der Waals surface area (Å²) in [5, 5.41) is 3.10. The van der Waals surface area contributed by atoms with E-state index in [1.54, 1.807) is 19.2 Å². The van der Waals surface area contributed by atoms with E-state index in [2.05, 4.69) is 10.2 Å². The van der Waals surface area contributed by atoms with Crippen LogP contribution in [0.4, 0.5) is 4.39 Å². The molecule has 31 heavy (non-hydrogen) atoms. The zero-order valence-corrected chi connectivity index (χ0v) is 18.2. The number of carbonyl (C=O) groups is 1. The van der Waals surface area contributed by atoms with Gasteiger partial charge in [-0.15, -0.1) is 11.3 Å². The molecule has 1 aliphatic heterocycles. The van der Waals surface area contributed by atoms with Crippen LogP contribution in [0.1, 0.15) is 21.3 Å². The van der Waals surface area contributed by atoms with Crippen LogP contribution in [-0.2, 0) is 4.74 Å². The van der Waals surface area contributed by atoms with E-state index in [-0.39, 0.29) is 17.8 Å². The zero-order chi connectivity index (χ0) is 21.6. The second-order valence-corrected chi connectivity index (χ2v) is 8.40. The Balaban J connectivity index is 1.46. The molecule has 0 saturated carbocycles. The topological polar surface area (TPSA) is 50.8 Å². The highest BCUT2D eigenvalue weighted by atomic mass is 32.1. The van der Waals surface area contributed by atoms with Gasteiger partial charge in [0.2, 0.25) is 0 Å². The lowest BCUT2D eigenvalue weighted by atomic mass is 10.0. The first kappa shape index (κ1) is 21.5. The van der Waals surface area contributed by atoms with Crippen LogP contribution in [0.15, 0.2) is 60.7 Å². The van der Waals surface area contributed by atoms with Gasteiger partial charge in [-0.2, -0.15) is 0 Å². The van der Waals surface area contributed by atoms with Crippen molar-refractivity contribution in [2.45, 2.75) is 6.04 Å².